The molecule has 5 nitrogen and oxygen atoms in total. The average molecular weight is 194 g/mol. The second-order valence-electron chi connectivity index (χ2n) is 2.32. The molecule has 0 aliphatic heterocycles. The fourth-order valence-corrected chi connectivity index (χ4v) is 1.02. The monoisotopic (exact) mass is 194 g/mol. The van der Waals surface area contributed by atoms with Gasteiger partial charge < -0.3 is 4.74 Å². The van der Waals surface area contributed by atoms with E-state index in [2.05, 4.69) is 5.10 Å². The molecule has 1 rings (SSSR count). The summed E-state index contributed by atoms with van der Waals surface area (Å²) in [6.45, 7) is 0. The maximum Gasteiger partial charge on any atom is 0.260 e. The van der Waals surface area contributed by atoms with Gasteiger partial charge in [0.1, 0.15) is 11.4 Å². The summed E-state index contributed by atoms with van der Waals surface area (Å²) in [4.78, 5) is 14.9. The molecule has 0 saturated heterocycles. The van der Waals surface area contributed by atoms with Crippen LogP contribution >= 0.6 is 0 Å². The number of hydrazone groups is 1. The van der Waals surface area contributed by atoms with Gasteiger partial charge in [0, 0.05) is 0 Å². The second-order valence-corrected chi connectivity index (χ2v) is 2.32. The van der Waals surface area contributed by atoms with Crippen LogP contribution in [0.1, 0.15) is 0 Å². The molecule has 0 bridgehead atoms. The summed E-state index contributed by atoms with van der Waals surface area (Å²) in [6.07, 6.45) is 1.39. The highest BCUT2D eigenvalue weighted by molar-refractivity contribution is 5.57. The molecule has 1 aromatic carbocycles. The molecule has 0 fully saturated rings. The van der Waals surface area contributed by atoms with E-state index in [9.17, 15) is 4.79 Å². The molecule has 0 heterocycles. The van der Waals surface area contributed by atoms with Crippen LogP contribution in [-0.4, -0.2) is 20.3 Å². The Balaban J connectivity index is 3.08. The number of isocyanates is 1. The Morgan fingerprint density at radius 3 is 2.64 bits per heavy atom. The van der Waals surface area contributed by atoms with E-state index in [0.29, 0.717) is 11.4 Å². The molecular weight excluding hydrogens is 184 g/mol. The molecule has 0 atom stereocenters. The van der Waals surface area contributed by atoms with Crippen LogP contribution in [0.25, 0.3) is 0 Å². The number of nitrogens with zero attached hydrogens (tertiary/aromatic N) is 2. The zero-order chi connectivity index (χ0) is 10.4. The fourth-order valence-electron chi connectivity index (χ4n) is 1.02. The van der Waals surface area contributed by atoms with E-state index in [1.165, 1.54) is 20.3 Å². The third-order valence-electron chi connectivity index (χ3n) is 1.60. The quantitative estimate of drug-likeness (QED) is 0.412. The average Bonchev–Trinajstić information content (AvgIpc) is 2.26. The van der Waals surface area contributed by atoms with E-state index in [1.54, 1.807) is 24.3 Å². The number of benzene rings is 1. The number of methoxy groups -OCH3 is 1. The summed E-state index contributed by atoms with van der Waals surface area (Å²) >= 11 is 0. The van der Waals surface area contributed by atoms with Crippen molar-refractivity contribution in [1.29, 1.82) is 0 Å². The summed E-state index contributed by atoms with van der Waals surface area (Å²) in [7, 11) is 2.92. The number of hydrogen-bond donors (Lipinski definition) is 0. The lowest BCUT2D eigenvalue weighted by molar-refractivity contribution is 0.168. The summed E-state index contributed by atoms with van der Waals surface area (Å²) in [5.74, 6) is 0.563. The topological polar surface area (TPSA) is 51.1 Å². The highest BCUT2D eigenvalue weighted by Gasteiger charge is 2.09. The molecule has 0 aliphatic rings. The SMILES string of the molecule is COc1ccccc1N(N=C=O)OC. The predicted molar refractivity (Wildman–Crippen MR) is 50.6 cm³/mol. The smallest absolute Gasteiger partial charge is 0.260 e. The zero-order valence-electron chi connectivity index (χ0n) is 7.93. The lowest BCUT2D eigenvalue weighted by Crippen LogP contribution is -2.14. The zero-order valence-corrected chi connectivity index (χ0v) is 7.93. The van der Waals surface area contributed by atoms with Crippen LogP contribution in [0.3, 0.4) is 0 Å². The molecule has 0 amide bonds. The van der Waals surface area contributed by atoms with E-state index >= 15 is 0 Å². The van der Waals surface area contributed by atoms with Gasteiger partial charge in [0.05, 0.1) is 14.2 Å². The van der Waals surface area contributed by atoms with E-state index in [-0.39, 0.29) is 0 Å². The summed E-state index contributed by atoms with van der Waals surface area (Å²) in [5, 5.41) is 4.38. The Morgan fingerprint density at radius 2 is 2.07 bits per heavy atom. The number of hydrogen-bond acceptors (Lipinski definition) is 5. The van der Waals surface area contributed by atoms with Crippen molar-refractivity contribution in [2.45, 2.75) is 0 Å². The minimum absolute atomic E-state index is 0.542. The van der Waals surface area contributed by atoms with Gasteiger partial charge in [0.2, 0.25) is 0 Å². The van der Waals surface area contributed by atoms with Crippen molar-refractivity contribution >= 4 is 11.8 Å². The Bertz CT molecular complexity index is 348. The fraction of sp³-hybridized carbons (Fsp3) is 0.222. The number of rotatable bonds is 4. The normalized spacial score (nSPS) is 9.00. The maximum atomic E-state index is 10.1. The molecule has 0 saturated carbocycles. The van der Waals surface area contributed by atoms with Gasteiger partial charge in [0.25, 0.3) is 6.08 Å². The molecule has 14 heavy (non-hydrogen) atoms. The van der Waals surface area contributed by atoms with Crippen LogP contribution in [-0.2, 0) is 9.63 Å². The Kier molecular flexibility index (Phi) is 3.67. The first-order valence-electron chi connectivity index (χ1n) is 3.88. The molecule has 1 aromatic rings. The molecule has 0 spiro atoms. The van der Waals surface area contributed by atoms with Crippen LogP contribution in [0, 0.1) is 0 Å². The van der Waals surface area contributed by atoms with Crippen LogP contribution in [0.2, 0.25) is 0 Å². The van der Waals surface area contributed by atoms with E-state index < -0.39 is 0 Å². The number of para-hydroxylation sites is 2. The van der Waals surface area contributed by atoms with Crippen molar-refractivity contribution in [2.75, 3.05) is 19.4 Å². The predicted octanol–water partition coefficient (Wildman–Crippen LogP) is 1.31. The van der Waals surface area contributed by atoms with Crippen LogP contribution in [0.15, 0.2) is 29.4 Å². The van der Waals surface area contributed by atoms with Gasteiger partial charge in [-0.1, -0.05) is 17.2 Å². The van der Waals surface area contributed by atoms with Crippen molar-refractivity contribution in [1.82, 2.24) is 0 Å². The van der Waals surface area contributed by atoms with Crippen LogP contribution in [0.5, 0.6) is 5.75 Å². The van der Waals surface area contributed by atoms with Crippen LogP contribution < -0.4 is 9.91 Å². The van der Waals surface area contributed by atoms with Crippen LogP contribution in [0.4, 0.5) is 5.69 Å². The lowest BCUT2D eigenvalue weighted by atomic mass is 10.3. The molecule has 0 aliphatic carbocycles. The standard InChI is InChI=1S/C9H10N2O3/c1-13-9-6-4-3-5-8(9)11(14-2)10-7-12/h3-6H,1-2H3. The molecule has 74 valence electrons. The van der Waals surface area contributed by atoms with Gasteiger partial charge >= 0.3 is 0 Å². The highest BCUT2D eigenvalue weighted by atomic mass is 16.7. The molecule has 0 radical (unpaired) electrons. The molecular formula is C9H10N2O3. The minimum atomic E-state index is 0.542. The van der Waals surface area contributed by atoms with E-state index in [4.69, 9.17) is 9.57 Å². The van der Waals surface area contributed by atoms with E-state index in [0.717, 1.165) is 5.17 Å². The van der Waals surface area contributed by atoms with Crippen molar-refractivity contribution < 1.29 is 14.4 Å². The van der Waals surface area contributed by atoms with Gasteiger partial charge in [0.15, 0.2) is 0 Å². The first kappa shape index (κ1) is 10.2. The third kappa shape index (κ3) is 2.10. The molecule has 0 aromatic heterocycles. The third-order valence-corrected chi connectivity index (χ3v) is 1.60. The molecule has 0 unspecified atom stereocenters. The summed E-state index contributed by atoms with van der Waals surface area (Å²) in [6, 6.07) is 7.04. The Hall–Kier alpha value is -1.84. The maximum absolute atomic E-state index is 10.1. The first-order valence-corrected chi connectivity index (χ1v) is 3.88. The first-order chi connectivity index (χ1) is 6.83. The number of anilines is 1. The minimum Gasteiger partial charge on any atom is -0.494 e. The van der Waals surface area contributed by atoms with Crippen molar-refractivity contribution in [3.8, 4) is 5.75 Å². The van der Waals surface area contributed by atoms with Gasteiger partial charge in [-0.3, -0.25) is 4.84 Å². The lowest BCUT2D eigenvalue weighted by Gasteiger charge is -2.15. The summed E-state index contributed by atoms with van der Waals surface area (Å²) < 4.78 is 5.06. The molecule has 0 N–H and O–H groups in total. The van der Waals surface area contributed by atoms with Gasteiger partial charge in [-0.25, -0.2) is 4.79 Å². The van der Waals surface area contributed by atoms with E-state index in [1.807, 2.05) is 0 Å². The van der Waals surface area contributed by atoms with Gasteiger partial charge in [-0.05, 0) is 12.1 Å². The number of carbonyl (C=O) groups excluding carboxylic acids is 1. The van der Waals surface area contributed by atoms with Gasteiger partial charge in [-0.15, -0.1) is 5.17 Å². The second kappa shape index (κ2) is 5.01. The van der Waals surface area contributed by atoms with Crippen molar-refractivity contribution in [3.05, 3.63) is 24.3 Å². The van der Waals surface area contributed by atoms with Gasteiger partial charge in [-0.2, -0.15) is 0 Å². The largest absolute Gasteiger partial charge is 0.494 e. The Morgan fingerprint density at radius 1 is 1.36 bits per heavy atom. The Labute approximate surface area is 81.5 Å². The van der Waals surface area contributed by atoms with Crippen molar-refractivity contribution in [2.24, 2.45) is 5.10 Å². The summed E-state index contributed by atoms with van der Waals surface area (Å²) in [5.41, 5.74) is 0.542. The number of ether oxygens (including phenoxy) is 1. The highest BCUT2D eigenvalue weighted by Crippen LogP contribution is 2.27. The molecule has 5 heteroatoms. The van der Waals surface area contributed by atoms with Crippen molar-refractivity contribution in [3.63, 3.8) is 0 Å².